The van der Waals surface area contributed by atoms with Crippen LogP contribution in [0.15, 0.2) is 60.8 Å². The Labute approximate surface area is 139 Å². The third kappa shape index (κ3) is 3.63. The molecule has 1 aromatic heterocycles. The average Bonchev–Trinajstić information content (AvgIpc) is 2.98. The number of aromatic nitrogens is 1. The average molecular weight is 322 g/mol. The fourth-order valence-electron chi connectivity index (χ4n) is 2.75. The highest BCUT2D eigenvalue weighted by atomic mass is 16.4. The van der Waals surface area contributed by atoms with Gasteiger partial charge in [-0.1, -0.05) is 48.5 Å². The number of benzene rings is 2. The quantitative estimate of drug-likeness (QED) is 0.652. The summed E-state index contributed by atoms with van der Waals surface area (Å²) in [6.45, 7) is 0. The Morgan fingerprint density at radius 3 is 2.50 bits per heavy atom. The number of fused-ring (bicyclic) bond motifs is 1. The number of hydrogen-bond donors (Lipinski definition) is 3. The zero-order chi connectivity index (χ0) is 16.9. The summed E-state index contributed by atoms with van der Waals surface area (Å²) in [4.78, 5) is 26.8. The lowest BCUT2D eigenvalue weighted by Crippen LogP contribution is -2.43. The molecular weight excluding hydrogens is 304 g/mol. The van der Waals surface area contributed by atoms with Crippen molar-refractivity contribution in [2.24, 2.45) is 0 Å². The number of carbonyl (C=O) groups is 2. The molecule has 0 fully saturated rings. The molecule has 0 saturated carbocycles. The summed E-state index contributed by atoms with van der Waals surface area (Å²) in [5.74, 6) is -1.34. The van der Waals surface area contributed by atoms with Crippen molar-refractivity contribution < 1.29 is 14.7 Å². The molecule has 0 aliphatic heterocycles. The van der Waals surface area contributed by atoms with Crippen molar-refractivity contribution in [1.29, 1.82) is 0 Å². The molecule has 2 aromatic carbocycles. The van der Waals surface area contributed by atoms with Crippen LogP contribution in [0.4, 0.5) is 0 Å². The van der Waals surface area contributed by atoms with Gasteiger partial charge in [0.2, 0.25) is 5.91 Å². The van der Waals surface area contributed by atoms with Crippen molar-refractivity contribution in [3.8, 4) is 0 Å². The number of nitrogens with one attached hydrogen (secondary N) is 2. The fourth-order valence-corrected chi connectivity index (χ4v) is 2.75. The normalized spacial score (nSPS) is 12.0. The second kappa shape index (κ2) is 7.00. The number of para-hydroxylation sites is 1. The minimum absolute atomic E-state index is 0.165. The third-order valence-electron chi connectivity index (χ3n) is 3.94. The van der Waals surface area contributed by atoms with E-state index in [0.29, 0.717) is 0 Å². The number of carboxylic acids is 1. The largest absolute Gasteiger partial charge is 0.480 e. The van der Waals surface area contributed by atoms with Gasteiger partial charge in [0.1, 0.15) is 6.04 Å². The van der Waals surface area contributed by atoms with Crippen LogP contribution in [0.5, 0.6) is 0 Å². The summed E-state index contributed by atoms with van der Waals surface area (Å²) in [7, 11) is 0. The van der Waals surface area contributed by atoms with E-state index in [2.05, 4.69) is 10.3 Å². The number of carboxylic acid groups (broad SMARTS) is 1. The summed E-state index contributed by atoms with van der Waals surface area (Å²) in [6, 6.07) is 16.0. The van der Waals surface area contributed by atoms with Gasteiger partial charge in [0.05, 0.1) is 6.42 Å². The molecule has 0 aliphatic rings. The number of H-pyrrole nitrogens is 1. The van der Waals surface area contributed by atoms with Gasteiger partial charge in [0, 0.05) is 23.5 Å². The molecule has 3 rings (SSSR count). The number of rotatable bonds is 6. The van der Waals surface area contributed by atoms with E-state index in [1.807, 2.05) is 54.6 Å². The van der Waals surface area contributed by atoms with Crippen molar-refractivity contribution in [3.63, 3.8) is 0 Å². The van der Waals surface area contributed by atoms with Crippen molar-refractivity contribution in [1.82, 2.24) is 10.3 Å². The number of amides is 1. The maximum atomic E-state index is 12.1. The number of carbonyl (C=O) groups excluding carboxylic acids is 1. The summed E-state index contributed by atoms with van der Waals surface area (Å²) in [5.41, 5.74) is 2.68. The predicted molar refractivity (Wildman–Crippen MR) is 91.7 cm³/mol. The molecule has 0 saturated heterocycles. The zero-order valence-electron chi connectivity index (χ0n) is 13.0. The minimum Gasteiger partial charge on any atom is -0.480 e. The van der Waals surface area contributed by atoms with E-state index in [0.717, 1.165) is 22.0 Å². The van der Waals surface area contributed by atoms with E-state index in [1.165, 1.54) is 0 Å². The van der Waals surface area contributed by atoms with Gasteiger partial charge in [0.15, 0.2) is 0 Å². The number of hydrogen-bond acceptors (Lipinski definition) is 2. The van der Waals surface area contributed by atoms with Gasteiger partial charge >= 0.3 is 5.97 Å². The molecule has 0 unspecified atom stereocenters. The molecular formula is C19H18N2O3. The smallest absolute Gasteiger partial charge is 0.326 e. The van der Waals surface area contributed by atoms with Crippen LogP contribution in [-0.2, 0) is 22.4 Å². The summed E-state index contributed by atoms with van der Waals surface area (Å²) < 4.78 is 0. The first-order valence-corrected chi connectivity index (χ1v) is 7.74. The second-order valence-corrected chi connectivity index (χ2v) is 5.68. The van der Waals surface area contributed by atoms with Gasteiger partial charge in [-0.25, -0.2) is 4.79 Å². The molecule has 24 heavy (non-hydrogen) atoms. The summed E-state index contributed by atoms with van der Waals surface area (Å²) >= 11 is 0. The molecule has 0 spiro atoms. The van der Waals surface area contributed by atoms with E-state index < -0.39 is 12.0 Å². The Balaban J connectivity index is 1.71. The third-order valence-corrected chi connectivity index (χ3v) is 3.94. The van der Waals surface area contributed by atoms with E-state index >= 15 is 0 Å². The van der Waals surface area contributed by atoms with Crippen molar-refractivity contribution in [3.05, 3.63) is 71.9 Å². The summed E-state index contributed by atoms with van der Waals surface area (Å²) in [5, 5.41) is 13.0. The molecule has 3 N–H and O–H groups in total. The highest BCUT2D eigenvalue weighted by Crippen LogP contribution is 2.19. The fraction of sp³-hybridized carbons (Fsp3) is 0.158. The first kappa shape index (κ1) is 15.8. The molecule has 5 nitrogen and oxygen atoms in total. The van der Waals surface area contributed by atoms with Gasteiger partial charge in [0.25, 0.3) is 0 Å². The Morgan fingerprint density at radius 2 is 1.75 bits per heavy atom. The van der Waals surface area contributed by atoms with Gasteiger partial charge in [-0.3, -0.25) is 4.79 Å². The highest BCUT2D eigenvalue weighted by molar-refractivity contribution is 5.87. The van der Waals surface area contributed by atoms with Gasteiger partial charge in [-0.2, -0.15) is 0 Å². The lowest BCUT2D eigenvalue weighted by Gasteiger charge is -2.14. The van der Waals surface area contributed by atoms with E-state index in [-0.39, 0.29) is 18.7 Å². The molecule has 1 atom stereocenters. The lowest BCUT2D eigenvalue weighted by molar-refractivity contribution is -0.141. The Kier molecular flexibility index (Phi) is 4.61. The number of aromatic amines is 1. The molecule has 1 amide bonds. The van der Waals surface area contributed by atoms with Crippen molar-refractivity contribution in [2.75, 3.05) is 0 Å². The van der Waals surface area contributed by atoms with Crippen LogP contribution in [0.25, 0.3) is 10.9 Å². The van der Waals surface area contributed by atoms with E-state index in [1.54, 1.807) is 6.20 Å². The summed E-state index contributed by atoms with van der Waals surface area (Å²) in [6.07, 6.45) is 2.20. The minimum atomic E-state index is -1.04. The van der Waals surface area contributed by atoms with Gasteiger partial charge in [-0.15, -0.1) is 0 Å². The molecule has 0 radical (unpaired) electrons. The molecule has 3 aromatic rings. The van der Waals surface area contributed by atoms with Crippen LogP contribution < -0.4 is 5.32 Å². The van der Waals surface area contributed by atoms with Crippen LogP contribution >= 0.6 is 0 Å². The van der Waals surface area contributed by atoms with E-state index in [4.69, 9.17) is 0 Å². The van der Waals surface area contributed by atoms with Crippen LogP contribution in [0.2, 0.25) is 0 Å². The molecule has 1 heterocycles. The van der Waals surface area contributed by atoms with Crippen molar-refractivity contribution in [2.45, 2.75) is 18.9 Å². The SMILES string of the molecule is O=C(Cc1ccccc1)N[C@@H](Cc1c[nH]c2ccccc12)C(=O)O. The van der Waals surface area contributed by atoms with Gasteiger partial charge in [-0.05, 0) is 17.2 Å². The molecule has 122 valence electrons. The molecule has 0 aliphatic carbocycles. The van der Waals surface area contributed by atoms with Crippen LogP contribution in [0, 0.1) is 0 Å². The predicted octanol–water partition coefficient (Wildman–Crippen LogP) is 2.52. The first-order chi connectivity index (χ1) is 11.6. The van der Waals surface area contributed by atoms with Gasteiger partial charge < -0.3 is 15.4 Å². The van der Waals surface area contributed by atoms with Crippen LogP contribution in [0.3, 0.4) is 0 Å². The second-order valence-electron chi connectivity index (χ2n) is 5.68. The monoisotopic (exact) mass is 322 g/mol. The maximum Gasteiger partial charge on any atom is 0.326 e. The molecule has 0 bridgehead atoms. The topological polar surface area (TPSA) is 82.2 Å². The zero-order valence-corrected chi connectivity index (χ0v) is 13.0. The Morgan fingerprint density at radius 1 is 1.04 bits per heavy atom. The highest BCUT2D eigenvalue weighted by Gasteiger charge is 2.21. The standard InChI is InChI=1S/C19H18N2O3/c22-18(10-13-6-2-1-3-7-13)21-17(19(23)24)11-14-12-20-16-9-5-4-8-15(14)16/h1-9,12,17,20H,10-11H2,(H,21,22)(H,23,24)/t17-/m0/s1. The molecule has 5 heteroatoms. The number of aliphatic carboxylic acids is 1. The van der Waals surface area contributed by atoms with Crippen LogP contribution in [0.1, 0.15) is 11.1 Å². The lowest BCUT2D eigenvalue weighted by atomic mass is 10.0. The van der Waals surface area contributed by atoms with Crippen molar-refractivity contribution >= 4 is 22.8 Å². The Bertz CT molecular complexity index is 855. The van der Waals surface area contributed by atoms with E-state index in [9.17, 15) is 14.7 Å². The first-order valence-electron chi connectivity index (χ1n) is 7.74. The van der Waals surface area contributed by atoms with Crippen LogP contribution in [-0.4, -0.2) is 28.0 Å². The maximum absolute atomic E-state index is 12.1. The Hall–Kier alpha value is -3.08.